The van der Waals surface area contributed by atoms with E-state index >= 15 is 0 Å². The first-order valence-corrected chi connectivity index (χ1v) is 7.56. The van der Waals surface area contributed by atoms with Gasteiger partial charge in [0.1, 0.15) is 0 Å². The molecule has 1 aromatic carbocycles. The van der Waals surface area contributed by atoms with Crippen LogP contribution < -0.4 is 10.6 Å². The number of hydrogen-bond donors (Lipinski definition) is 2. The smallest absolute Gasteiger partial charge is 0.261 e. The highest BCUT2D eigenvalue weighted by atomic mass is 32.1. The highest BCUT2D eigenvalue weighted by Crippen LogP contribution is 2.25. The van der Waals surface area contributed by atoms with Gasteiger partial charge in [0.15, 0.2) is 0 Å². The summed E-state index contributed by atoms with van der Waals surface area (Å²) in [6, 6.07) is 10.3. The van der Waals surface area contributed by atoms with Crippen LogP contribution in [0, 0.1) is 5.92 Å². The maximum absolute atomic E-state index is 12.3. The van der Waals surface area contributed by atoms with Crippen molar-refractivity contribution in [3.05, 3.63) is 35.2 Å². The zero-order chi connectivity index (χ0) is 13.2. The minimum atomic E-state index is 0.0572. The monoisotopic (exact) mass is 274 g/mol. The van der Waals surface area contributed by atoms with E-state index in [9.17, 15) is 4.79 Å². The highest BCUT2D eigenvalue weighted by Gasteiger charge is 2.23. The van der Waals surface area contributed by atoms with Gasteiger partial charge in [-0.2, -0.15) is 0 Å². The van der Waals surface area contributed by atoms with Gasteiger partial charge in [0, 0.05) is 17.3 Å². The largest absolute Gasteiger partial charge is 0.347 e. The van der Waals surface area contributed by atoms with E-state index < -0.39 is 0 Å². The highest BCUT2D eigenvalue weighted by molar-refractivity contribution is 7.20. The Hall–Kier alpha value is -1.39. The van der Waals surface area contributed by atoms with Crippen LogP contribution in [-0.2, 0) is 0 Å². The van der Waals surface area contributed by atoms with E-state index in [0.717, 1.165) is 29.8 Å². The Bertz CT molecular complexity index is 560. The summed E-state index contributed by atoms with van der Waals surface area (Å²) in [4.78, 5) is 13.1. The van der Waals surface area contributed by atoms with Gasteiger partial charge in [0.05, 0.1) is 4.88 Å². The summed E-state index contributed by atoms with van der Waals surface area (Å²) in [7, 11) is 0. The Kier molecular flexibility index (Phi) is 3.53. The van der Waals surface area contributed by atoms with Crippen molar-refractivity contribution in [2.24, 2.45) is 5.92 Å². The molecule has 0 radical (unpaired) electrons. The second-order valence-electron chi connectivity index (χ2n) is 5.20. The molecule has 1 amide bonds. The van der Waals surface area contributed by atoms with E-state index in [1.165, 1.54) is 4.70 Å². The third-order valence-electron chi connectivity index (χ3n) is 3.79. The molecule has 1 aliphatic heterocycles. The van der Waals surface area contributed by atoms with Gasteiger partial charge in [-0.3, -0.25) is 4.79 Å². The Morgan fingerprint density at radius 3 is 3.05 bits per heavy atom. The lowest BCUT2D eigenvalue weighted by Gasteiger charge is -2.30. The number of nitrogens with one attached hydrogen (secondary N) is 2. The molecule has 1 aromatic heterocycles. The number of benzene rings is 1. The van der Waals surface area contributed by atoms with Crippen LogP contribution in [0.5, 0.6) is 0 Å². The fourth-order valence-corrected chi connectivity index (χ4v) is 3.48. The van der Waals surface area contributed by atoms with E-state index in [1.807, 2.05) is 24.3 Å². The number of thiophene rings is 1. The van der Waals surface area contributed by atoms with Crippen LogP contribution in [0.25, 0.3) is 10.1 Å². The predicted molar refractivity (Wildman–Crippen MR) is 79.7 cm³/mol. The first kappa shape index (κ1) is 12.6. The molecule has 2 unspecified atom stereocenters. The van der Waals surface area contributed by atoms with Crippen molar-refractivity contribution in [1.29, 1.82) is 0 Å². The zero-order valence-corrected chi connectivity index (χ0v) is 11.8. The molecule has 0 aliphatic carbocycles. The third kappa shape index (κ3) is 2.65. The topological polar surface area (TPSA) is 41.1 Å². The van der Waals surface area contributed by atoms with Gasteiger partial charge < -0.3 is 10.6 Å². The van der Waals surface area contributed by atoms with Crippen molar-refractivity contribution >= 4 is 27.3 Å². The van der Waals surface area contributed by atoms with E-state index in [1.54, 1.807) is 11.3 Å². The molecule has 100 valence electrons. The lowest BCUT2D eigenvalue weighted by atomic mass is 9.95. The summed E-state index contributed by atoms with van der Waals surface area (Å²) in [5.41, 5.74) is 0. The molecule has 3 nitrogen and oxygen atoms in total. The van der Waals surface area contributed by atoms with Crippen molar-refractivity contribution < 1.29 is 4.79 Å². The number of rotatable bonds is 2. The summed E-state index contributed by atoms with van der Waals surface area (Å²) in [5, 5.41) is 7.64. The number of hydrogen-bond acceptors (Lipinski definition) is 3. The summed E-state index contributed by atoms with van der Waals surface area (Å²) in [6.07, 6.45) is 1.12. The number of piperidine rings is 1. The molecule has 0 spiro atoms. The van der Waals surface area contributed by atoms with Crippen molar-refractivity contribution in [3.63, 3.8) is 0 Å². The van der Waals surface area contributed by atoms with Crippen LogP contribution in [0.15, 0.2) is 30.3 Å². The van der Waals surface area contributed by atoms with Gasteiger partial charge in [0.2, 0.25) is 0 Å². The molecule has 1 fully saturated rings. The van der Waals surface area contributed by atoms with Crippen molar-refractivity contribution in [3.8, 4) is 0 Å². The third-order valence-corrected chi connectivity index (χ3v) is 4.91. The zero-order valence-electron chi connectivity index (χ0n) is 11.0. The van der Waals surface area contributed by atoms with Crippen LogP contribution in [0.3, 0.4) is 0 Å². The van der Waals surface area contributed by atoms with Crippen LogP contribution in [0.1, 0.15) is 23.0 Å². The molecule has 0 saturated carbocycles. The first-order valence-electron chi connectivity index (χ1n) is 6.74. The van der Waals surface area contributed by atoms with Gasteiger partial charge in [-0.15, -0.1) is 11.3 Å². The van der Waals surface area contributed by atoms with Gasteiger partial charge in [-0.25, -0.2) is 0 Å². The quantitative estimate of drug-likeness (QED) is 0.884. The number of fused-ring (bicyclic) bond motifs is 1. The molecule has 2 atom stereocenters. The molecule has 2 N–H and O–H groups in total. The Balaban J connectivity index is 1.76. The van der Waals surface area contributed by atoms with Crippen LogP contribution in [-0.4, -0.2) is 25.0 Å². The van der Waals surface area contributed by atoms with E-state index in [4.69, 9.17) is 0 Å². The minimum Gasteiger partial charge on any atom is -0.347 e. The molecule has 1 aliphatic rings. The molecule has 4 heteroatoms. The Morgan fingerprint density at radius 1 is 1.42 bits per heavy atom. The summed E-state index contributed by atoms with van der Waals surface area (Å²) < 4.78 is 1.17. The molecule has 1 saturated heterocycles. The van der Waals surface area contributed by atoms with E-state index in [-0.39, 0.29) is 11.9 Å². The number of amides is 1. The Morgan fingerprint density at radius 2 is 2.26 bits per heavy atom. The van der Waals surface area contributed by atoms with Crippen molar-refractivity contribution in [2.75, 3.05) is 13.1 Å². The average molecular weight is 274 g/mol. The van der Waals surface area contributed by atoms with Crippen molar-refractivity contribution in [1.82, 2.24) is 10.6 Å². The first-order chi connectivity index (χ1) is 9.24. The minimum absolute atomic E-state index is 0.0572. The van der Waals surface area contributed by atoms with Gasteiger partial charge >= 0.3 is 0 Å². The fourth-order valence-electron chi connectivity index (χ4n) is 2.52. The van der Waals surface area contributed by atoms with E-state index in [2.05, 4.69) is 23.6 Å². The normalized spacial score (nSPS) is 23.4. The molecule has 3 rings (SSSR count). The lowest BCUT2D eigenvalue weighted by molar-refractivity contribution is 0.0919. The second kappa shape index (κ2) is 5.31. The maximum atomic E-state index is 12.3. The Labute approximate surface area is 117 Å². The van der Waals surface area contributed by atoms with Gasteiger partial charge in [-0.05, 0) is 36.4 Å². The predicted octanol–water partition coefficient (Wildman–Crippen LogP) is 2.63. The summed E-state index contributed by atoms with van der Waals surface area (Å²) >= 11 is 1.56. The standard InChI is InChI=1S/C15H18N2OS/c1-10-6-7-16-9-12(10)17-15(18)14-8-11-4-2-3-5-13(11)19-14/h2-5,8,10,12,16H,6-7,9H2,1H3,(H,17,18). The molecule has 0 bridgehead atoms. The van der Waals surface area contributed by atoms with Crippen LogP contribution in [0.2, 0.25) is 0 Å². The fraction of sp³-hybridized carbons (Fsp3) is 0.400. The maximum Gasteiger partial charge on any atom is 0.261 e. The molecular formula is C15H18N2OS. The molecule has 2 aromatic rings. The number of carbonyl (C=O) groups excluding carboxylic acids is 1. The molecule has 19 heavy (non-hydrogen) atoms. The number of carbonyl (C=O) groups is 1. The van der Waals surface area contributed by atoms with E-state index in [0.29, 0.717) is 5.92 Å². The van der Waals surface area contributed by atoms with Gasteiger partial charge in [-0.1, -0.05) is 25.1 Å². The molecular weight excluding hydrogens is 256 g/mol. The molecule has 2 heterocycles. The lowest BCUT2D eigenvalue weighted by Crippen LogP contribution is -2.50. The summed E-state index contributed by atoms with van der Waals surface area (Å²) in [6.45, 7) is 4.13. The summed E-state index contributed by atoms with van der Waals surface area (Å²) in [5.74, 6) is 0.598. The van der Waals surface area contributed by atoms with Crippen molar-refractivity contribution in [2.45, 2.75) is 19.4 Å². The van der Waals surface area contributed by atoms with Crippen LogP contribution >= 0.6 is 11.3 Å². The second-order valence-corrected chi connectivity index (χ2v) is 6.28. The van der Waals surface area contributed by atoms with Crippen LogP contribution in [0.4, 0.5) is 0 Å². The SMILES string of the molecule is CC1CCNCC1NC(=O)c1cc2ccccc2s1. The van der Waals surface area contributed by atoms with Gasteiger partial charge in [0.25, 0.3) is 5.91 Å². The average Bonchev–Trinajstić information content (AvgIpc) is 2.85.